The average molecular weight is 268 g/mol. The zero-order valence-corrected chi connectivity index (χ0v) is 12.4. The molecule has 3 rings (SSSR count). The van der Waals surface area contributed by atoms with E-state index in [1.54, 1.807) is 0 Å². The van der Waals surface area contributed by atoms with Crippen molar-refractivity contribution in [2.75, 3.05) is 23.4 Å². The molecule has 2 aliphatic rings. The van der Waals surface area contributed by atoms with E-state index >= 15 is 0 Å². The molecule has 0 aromatic heterocycles. The van der Waals surface area contributed by atoms with Crippen molar-refractivity contribution in [1.82, 2.24) is 0 Å². The van der Waals surface area contributed by atoms with Gasteiger partial charge in [0.05, 0.1) is 16.9 Å². The Morgan fingerprint density at radius 2 is 2.10 bits per heavy atom. The van der Waals surface area contributed by atoms with E-state index in [0.717, 1.165) is 29.9 Å². The van der Waals surface area contributed by atoms with E-state index in [4.69, 9.17) is 0 Å². The Morgan fingerprint density at radius 3 is 2.80 bits per heavy atom. The number of ketones is 1. The summed E-state index contributed by atoms with van der Waals surface area (Å²) in [7, 11) is 2.04. The molecule has 0 bridgehead atoms. The van der Waals surface area contributed by atoms with Gasteiger partial charge in [0.25, 0.3) is 0 Å². The van der Waals surface area contributed by atoms with Crippen molar-refractivity contribution in [3.05, 3.63) is 47.3 Å². The third-order valence-corrected chi connectivity index (χ3v) is 4.20. The molecular weight excluding hydrogens is 248 g/mol. The van der Waals surface area contributed by atoms with Gasteiger partial charge in [-0.15, -0.1) is 0 Å². The average Bonchev–Trinajstić information content (AvgIpc) is 2.71. The smallest absolute Gasteiger partial charge is 0.168 e. The Bertz CT molecular complexity index is 642. The highest BCUT2D eigenvalue weighted by molar-refractivity contribution is 6.05. The lowest BCUT2D eigenvalue weighted by Crippen LogP contribution is -2.36. The standard InChI is InChI=1S/C17H20N2O/c1-5-12(3)16-15(20)8-9-19-13-7-6-11(2)10-14(13)18(4)17(16)19/h6-7,10H,3,5,8-9H2,1-2,4H3. The van der Waals surface area contributed by atoms with Crippen molar-refractivity contribution in [3.63, 3.8) is 0 Å². The van der Waals surface area contributed by atoms with Gasteiger partial charge in [0.15, 0.2) is 5.78 Å². The number of rotatable bonds is 2. The summed E-state index contributed by atoms with van der Waals surface area (Å²) in [6, 6.07) is 6.45. The molecule has 2 aliphatic heterocycles. The van der Waals surface area contributed by atoms with Crippen LogP contribution >= 0.6 is 0 Å². The van der Waals surface area contributed by atoms with Gasteiger partial charge in [-0.3, -0.25) is 4.79 Å². The van der Waals surface area contributed by atoms with Gasteiger partial charge in [-0.1, -0.05) is 19.6 Å². The SMILES string of the molecule is C=C(CC)C1=C2N(C)c3cc(C)ccc3N2CCC1=O. The van der Waals surface area contributed by atoms with Gasteiger partial charge in [0.2, 0.25) is 0 Å². The Labute approximate surface area is 120 Å². The molecule has 0 atom stereocenters. The van der Waals surface area contributed by atoms with E-state index in [-0.39, 0.29) is 5.78 Å². The van der Waals surface area contributed by atoms with Crippen molar-refractivity contribution >= 4 is 17.2 Å². The van der Waals surface area contributed by atoms with Crippen LogP contribution in [-0.4, -0.2) is 19.4 Å². The Hall–Kier alpha value is -2.03. The van der Waals surface area contributed by atoms with Crippen molar-refractivity contribution < 1.29 is 4.79 Å². The zero-order valence-electron chi connectivity index (χ0n) is 12.4. The number of benzene rings is 1. The molecule has 0 amide bonds. The monoisotopic (exact) mass is 268 g/mol. The van der Waals surface area contributed by atoms with Crippen molar-refractivity contribution in [1.29, 1.82) is 0 Å². The number of nitrogens with zero attached hydrogens (tertiary/aromatic N) is 2. The molecule has 0 radical (unpaired) electrons. The maximum atomic E-state index is 12.3. The van der Waals surface area contributed by atoms with Gasteiger partial charge < -0.3 is 9.80 Å². The van der Waals surface area contributed by atoms with Gasteiger partial charge in [-0.05, 0) is 36.6 Å². The molecule has 104 valence electrons. The summed E-state index contributed by atoms with van der Waals surface area (Å²) in [5.41, 5.74) is 5.36. The number of hydrogen-bond acceptors (Lipinski definition) is 3. The lowest BCUT2D eigenvalue weighted by atomic mass is 9.95. The molecular formula is C17H20N2O. The fourth-order valence-electron chi connectivity index (χ4n) is 3.06. The second kappa shape index (κ2) is 4.51. The summed E-state index contributed by atoms with van der Waals surface area (Å²) in [5.74, 6) is 1.23. The molecule has 1 aromatic rings. The van der Waals surface area contributed by atoms with Crippen molar-refractivity contribution in [2.24, 2.45) is 0 Å². The number of Topliss-reactive ketones (excluding diaryl/α,β-unsaturated/α-hetero) is 1. The maximum Gasteiger partial charge on any atom is 0.168 e. The molecule has 0 saturated carbocycles. The van der Waals surface area contributed by atoms with E-state index in [9.17, 15) is 4.79 Å². The van der Waals surface area contributed by atoms with Crippen molar-refractivity contribution in [2.45, 2.75) is 26.7 Å². The number of anilines is 2. The molecule has 0 N–H and O–H groups in total. The second-order valence-electron chi connectivity index (χ2n) is 5.53. The maximum absolute atomic E-state index is 12.3. The molecule has 3 heteroatoms. The lowest BCUT2D eigenvalue weighted by Gasteiger charge is -2.30. The molecule has 0 unspecified atom stereocenters. The second-order valence-corrected chi connectivity index (χ2v) is 5.53. The third-order valence-electron chi connectivity index (χ3n) is 4.20. The molecule has 0 fully saturated rings. The minimum atomic E-state index is 0.222. The molecule has 0 aliphatic carbocycles. The van der Waals surface area contributed by atoms with Gasteiger partial charge in [-0.25, -0.2) is 0 Å². The highest BCUT2D eigenvalue weighted by Gasteiger charge is 2.37. The third kappa shape index (κ3) is 1.69. The summed E-state index contributed by atoms with van der Waals surface area (Å²) >= 11 is 0. The van der Waals surface area contributed by atoms with Gasteiger partial charge in [0, 0.05) is 20.0 Å². The van der Waals surface area contributed by atoms with Crippen LogP contribution in [0.2, 0.25) is 0 Å². The molecule has 3 nitrogen and oxygen atoms in total. The van der Waals surface area contributed by atoms with E-state index < -0.39 is 0 Å². The van der Waals surface area contributed by atoms with E-state index in [1.807, 2.05) is 14.0 Å². The van der Waals surface area contributed by atoms with Crippen LogP contribution in [-0.2, 0) is 4.79 Å². The predicted molar refractivity (Wildman–Crippen MR) is 83.0 cm³/mol. The fraction of sp³-hybridized carbons (Fsp3) is 0.353. The van der Waals surface area contributed by atoms with Gasteiger partial charge >= 0.3 is 0 Å². The number of carbonyl (C=O) groups is 1. The Kier molecular flexibility index (Phi) is 2.93. The van der Waals surface area contributed by atoms with E-state index in [1.165, 1.54) is 16.9 Å². The molecule has 1 aromatic carbocycles. The minimum Gasteiger partial charge on any atom is -0.328 e. The lowest BCUT2D eigenvalue weighted by molar-refractivity contribution is -0.115. The highest BCUT2D eigenvalue weighted by atomic mass is 16.1. The first-order chi connectivity index (χ1) is 9.54. The number of carbonyl (C=O) groups excluding carboxylic acids is 1. The first-order valence-corrected chi connectivity index (χ1v) is 7.12. The van der Waals surface area contributed by atoms with Crippen molar-refractivity contribution in [3.8, 4) is 0 Å². The molecule has 20 heavy (non-hydrogen) atoms. The first kappa shape index (κ1) is 13.0. The summed E-state index contributed by atoms with van der Waals surface area (Å²) in [4.78, 5) is 16.7. The topological polar surface area (TPSA) is 23.6 Å². The van der Waals surface area contributed by atoms with Gasteiger partial charge in [0.1, 0.15) is 5.82 Å². The van der Waals surface area contributed by atoms with Crippen LogP contribution in [0.25, 0.3) is 0 Å². The summed E-state index contributed by atoms with van der Waals surface area (Å²) in [6.45, 7) is 8.99. The van der Waals surface area contributed by atoms with Crippen LogP contribution in [0.3, 0.4) is 0 Å². The number of fused-ring (bicyclic) bond motifs is 3. The number of aryl methyl sites for hydroxylation is 1. The first-order valence-electron chi connectivity index (χ1n) is 7.12. The Morgan fingerprint density at radius 1 is 1.35 bits per heavy atom. The van der Waals surface area contributed by atoms with Crippen LogP contribution in [0.1, 0.15) is 25.3 Å². The van der Waals surface area contributed by atoms with Crippen LogP contribution < -0.4 is 9.80 Å². The number of hydrogen-bond donors (Lipinski definition) is 0. The Balaban J connectivity index is 2.21. The van der Waals surface area contributed by atoms with E-state index in [0.29, 0.717) is 6.42 Å². The summed E-state index contributed by atoms with van der Waals surface area (Å²) in [6.07, 6.45) is 1.38. The normalized spacial score (nSPS) is 17.4. The van der Waals surface area contributed by atoms with Crippen LogP contribution in [0.15, 0.2) is 41.7 Å². The van der Waals surface area contributed by atoms with Gasteiger partial charge in [-0.2, -0.15) is 0 Å². The summed E-state index contributed by atoms with van der Waals surface area (Å²) < 4.78 is 0. The molecule has 0 saturated heterocycles. The largest absolute Gasteiger partial charge is 0.328 e. The number of allylic oxidation sites excluding steroid dienone is 2. The van der Waals surface area contributed by atoms with Crippen LogP contribution in [0.4, 0.5) is 11.4 Å². The van der Waals surface area contributed by atoms with E-state index in [2.05, 4.69) is 41.5 Å². The summed E-state index contributed by atoms with van der Waals surface area (Å²) in [5, 5.41) is 0. The minimum absolute atomic E-state index is 0.222. The zero-order chi connectivity index (χ0) is 14.4. The highest BCUT2D eigenvalue weighted by Crippen LogP contribution is 2.45. The molecule has 0 spiro atoms. The molecule has 2 heterocycles. The van der Waals surface area contributed by atoms with Crippen LogP contribution in [0, 0.1) is 6.92 Å². The predicted octanol–water partition coefficient (Wildman–Crippen LogP) is 3.40. The van der Waals surface area contributed by atoms with Crippen LogP contribution in [0.5, 0.6) is 0 Å². The fourth-order valence-corrected chi connectivity index (χ4v) is 3.06. The quantitative estimate of drug-likeness (QED) is 0.821.